The third-order valence-electron chi connectivity index (χ3n) is 4.72. The Labute approximate surface area is 157 Å². The van der Waals surface area contributed by atoms with Gasteiger partial charge < -0.3 is 5.11 Å². The van der Waals surface area contributed by atoms with Gasteiger partial charge in [-0.05, 0) is 37.1 Å². The molecule has 0 saturated carbocycles. The van der Waals surface area contributed by atoms with Gasteiger partial charge in [0.15, 0.2) is 11.2 Å². The number of aromatic nitrogens is 5. The largest absolute Gasteiger partial charge is 0.480 e. The maximum absolute atomic E-state index is 13.3. The molecule has 0 amide bonds. The Morgan fingerprint density at radius 2 is 1.93 bits per heavy atom. The van der Waals surface area contributed by atoms with E-state index in [2.05, 4.69) is 15.3 Å². The Balaban J connectivity index is 2.01. The van der Waals surface area contributed by atoms with E-state index in [4.69, 9.17) is 0 Å². The van der Waals surface area contributed by atoms with E-state index in [1.807, 2.05) is 6.92 Å². The van der Waals surface area contributed by atoms with Crippen molar-refractivity contribution in [2.24, 2.45) is 0 Å². The molecule has 0 saturated heterocycles. The second kappa shape index (κ2) is 6.52. The quantitative estimate of drug-likeness (QED) is 0.583. The Morgan fingerprint density at radius 1 is 1.21 bits per heavy atom. The summed E-state index contributed by atoms with van der Waals surface area (Å²) in [4.78, 5) is 23.9. The number of nitrogens with zero attached hydrogens (tertiary/aromatic N) is 5. The van der Waals surface area contributed by atoms with Crippen LogP contribution in [0.5, 0.6) is 0 Å². The first-order chi connectivity index (χ1) is 13.4. The van der Waals surface area contributed by atoms with Crippen LogP contribution in [0.25, 0.3) is 27.8 Å². The summed E-state index contributed by atoms with van der Waals surface area (Å²) in [6, 6.07) is 6.57. The molecule has 28 heavy (non-hydrogen) atoms. The van der Waals surface area contributed by atoms with Crippen LogP contribution in [0.4, 0.5) is 4.39 Å². The molecule has 0 unspecified atom stereocenters. The molecule has 4 rings (SSSR count). The van der Waals surface area contributed by atoms with Crippen LogP contribution in [-0.4, -0.2) is 35.5 Å². The molecular formula is C19H16FN5O3. The smallest absolute Gasteiger partial charge is 0.326 e. The van der Waals surface area contributed by atoms with Crippen molar-refractivity contribution in [2.75, 3.05) is 0 Å². The molecule has 142 valence electrons. The van der Waals surface area contributed by atoms with E-state index in [1.165, 1.54) is 29.8 Å². The molecule has 0 spiro atoms. The van der Waals surface area contributed by atoms with Gasteiger partial charge in [-0.1, -0.05) is 19.1 Å². The van der Waals surface area contributed by atoms with Gasteiger partial charge in [-0.25, -0.2) is 13.7 Å². The fourth-order valence-electron chi connectivity index (χ4n) is 3.19. The minimum atomic E-state index is -1.12. The first-order valence-corrected chi connectivity index (χ1v) is 8.70. The third kappa shape index (κ3) is 2.63. The lowest BCUT2D eigenvalue weighted by Gasteiger charge is -2.11. The lowest BCUT2D eigenvalue weighted by atomic mass is 10.0. The maximum atomic E-state index is 13.3. The number of pyridine rings is 1. The Bertz CT molecular complexity index is 1280. The summed E-state index contributed by atoms with van der Waals surface area (Å²) in [5, 5.41) is 22.0. The zero-order valence-corrected chi connectivity index (χ0v) is 15.1. The van der Waals surface area contributed by atoms with Crippen LogP contribution in [0.1, 0.15) is 25.6 Å². The van der Waals surface area contributed by atoms with E-state index in [0.717, 1.165) is 21.4 Å². The van der Waals surface area contributed by atoms with Crippen LogP contribution >= 0.6 is 0 Å². The number of hydrogen-bond donors (Lipinski definition) is 1. The van der Waals surface area contributed by atoms with Gasteiger partial charge in [-0.15, -0.1) is 10.2 Å². The van der Waals surface area contributed by atoms with E-state index in [1.54, 1.807) is 18.2 Å². The first kappa shape index (κ1) is 17.8. The highest BCUT2D eigenvalue weighted by Gasteiger charge is 2.21. The number of carboxylic acids is 1. The summed E-state index contributed by atoms with van der Waals surface area (Å²) in [7, 11) is 0. The number of carboxylic acid groups (broad SMARTS) is 1. The predicted octanol–water partition coefficient (Wildman–Crippen LogP) is 2.45. The summed E-state index contributed by atoms with van der Waals surface area (Å²) in [6.07, 6.45) is 2.01. The van der Waals surface area contributed by atoms with Gasteiger partial charge in [0.1, 0.15) is 17.4 Å². The van der Waals surface area contributed by atoms with E-state index < -0.39 is 17.6 Å². The van der Waals surface area contributed by atoms with Crippen molar-refractivity contribution in [3.05, 3.63) is 58.4 Å². The Kier molecular flexibility index (Phi) is 4.14. The molecule has 9 heteroatoms. The van der Waals surface area contributed by atoms with Gasteiger partial charge in [-0.2, -0.15) is 5.10 Å². The van der Waals surface area contributed by atoms with Gasteiger partial charge in [0.05, 0.1) is 11.3 Å². The second-order valence-electron chi connectivity index (χ2n) is 6.39. The van der Waals surface area contributed by atoms with Crippen molar-refractivity contribution >= 4 is 22.6 Å². The number of fused-ring (bicyclic) bond motifs is 3. The van der Waals surface area contributed by atoms with Gasteiger partial charge in [0.2, 0.25) is 0 Å². The number of rotatable bonds is 4. The van der Waals surface area contributed by atoms with Gasteiger partial charge >= 0.3 is 5.97 Å². The highest BCUT2D eigenvalue weighted by molar-refractivity contribution is 5.84. The highest BCUT2D eigenvalue weighted by Crippen LogP contribution is 2.29. The molecule has 0 aliphatic heterocycles. The number of hydrogen-bond acceptors (Lipinski definition) is 5. The molecule has 0 aliphatic carbocycles. The van der Waals surface area contributed by atoms with Crippen LogP contribution < -0.4 is 5.56 Å². The van der Waals surface area contributed by atoms with Crippen molar-refractivity contribution in [2.45, 2.75) is 26.3 Å². The Morgan fingerprint density at radius 3 is 2.57 bits per heavy atom. The lowest BCUT2D eigenvalue weighted by molar-refractivity contribution is -0.140. The summed E-state index contributed by atoms with van der Waals surface area (Å²) in [6.45, 7) is 3.35. The molecule has 0 fully saturated rings. The molecular weight excluding hydrogens is 365 g/mol. The van der Waals surface area contributed by atoms with Crippen LogP contribution in [0.3, 0.4) is 0 Å². The fraction of sp³-hybridized carbons (Fsp3) is 0.211. The average Bonchev–Trinajstić information content (AvgIpc) is 3.07. The van der Waals surface area contributed by atoms with Crippen LogP contribution in [0, 0.1) is 5.82 Å². The second-order valence-corrected chi connectivity index (χ2v) is 6.39. The van der Waals surface area contributed by atoms with Gasteiger partial charge in [0.25, 0.3) is 5.56 Å². The number of carbonyl (C=O) groups is 1. The van der Waals surface area contributed by atoms with Crippen molar-refractivity contribution in [1.29, 1.82) is 0 Å². The SMILES string of the molecule is CCc1nn2c(nnc3c(=O)n([C@H](C)C(=O)O)ccc32)c1-c1ccc(F)cc1. The topological polar surface area (TPSA) is 102 Å². The predicted molar refractivity (Wildman–Crippen MR) is 99.7 cm³/mol. The molecule has 3 aromatic heterocycles. The van der Waals surface area contributed by atoms with E-state index in [-0.39, 0.29) is 11.3 Å². The zero-order valence-electron chi connectivity index (χ0n) is 15.1. The molecule has 1 aromatic carbocycles. The third-order valence-corrected chi connectivity index (χ3v) is 4.72. The zero-order chi connectivity index (χ0) is 20.0. The van der Waals surface area contributed by atoms with Crippen molar-refractivity contribution in [1.82, 2.24) is 24.4 Å². The average molecular weight is 381 g/mol. The van der Waals surface area contributed by atoms with E-state index in [9.17, 15) is 19.1 Å². The molecule has 1 N–H and O–H groups in total. The van der Waals surface area contributed by atoms with Crippen molar-refractivity contribution in [3.8, 4) is 11.1 Å². The summed E-state index contributed by atoms with van der Waals surface area (Å²) >= 11 is 0. The molecule has 0 radical (unpaired) electrons. The van der Waals surface area contributed by atoms with Gasteiger partial charge in [-0.3, -0.25) is 9.36 Å². The number of aliphatic carboxylic acids is 1. The fourth-order valence-corrected chi connectivity index (χ4v) is 3.19. The van der Waals surface area contributed by atoms with Crippen LogP contribution in [0.2, 0.25) is 0 Å². The van der Waals surface area contributed by atoms with Crippen molar-refractivity contribution < 1.29 is 14.3 Å². The van der Waals surface area contributed by atoms with E-state index >= 15 is 0 Å². The Hall–Kier alpha value is -3.62. The first-order valence-electron chi connectivity index (χ1n) is 8.70. The van der Waals surface area contributed by atoms with Gasteiger partial charge in [0, 0.05) is 6.20 Å². The van der Waals surface area contributed by atoms with Crippen LogP contribution in [-0.2, 0) is 11.2 Å². The normalized spacial score (nSPS) is 12.5. The maximum Gasteiger partial charge on any atom is 0.326 e. The number of benzene rings is 1. The molecule has 1 atom stereocenters. The van der Waals surface area contributed by atoms with Crippen molar-refractivity contribution in [3.63, 3.8) is 0 Å². The summed E-state index contributed by atoms with van der Waals surface area (Å²) in [5.74, 6) is -1.47. The molecule has 0 aliphatic rings. The van der Waals surface area contributed by atoms with Crippen LogP contribution in [0.15, 0.2) is 41.3 Å². The molecule has 3 heterocycles. The van der Waals surface area contributed by atoms with E-state index in [0.29, 0.717) is 17.6 Å². The highest BCUT2D eigenvalue weighted by atomic mass is 19.1. The summed E-state index contributed by atoms with van der Waals surface area (Å²) in [5.41, 5.74) is 2.54. The minimum Gasteiger partial charge on any atom is -0.480 e. The number of aryl methyl sites for hydroxylation is 1. The summed E-state index contributed by atoms with van der Waals surface area (Å²) < 4.78 is 15.9. The standard InChI is InChI=1S/C19H16FN5O3/c1-3-13-15(11-4-6-12(20)7-5-11)17-22-21-16-14(25(17)23-13)8-9-24(18(16)26)10(2)19(27)28/h4-10H,3H2,1-2H3,(H,27,28)/t10-/m1/s1. The molecule has 8 nitrogen and oxygen atoms in total. The lowest BCUT2D eigenvalue weighted by Crippen LogP contribution is -2.28. The minimum absolute atomic E-state index is 0.0268. The monoisotopic (exact) mass is 381 g/mol. The number of halogens is 1. The molecule has 0 bridgehead atoms. The molecule has 4 aromatic rings.